The molecule has 0 fully saturated rings. The van der Waals surface area contributed by atoms with E-state index in [1.807, 2.05) is 0 Å². The van der Waals surface area contributed by atoms with Crippen molar-refractivity contribution >= 4 is 34.5 Å². The molecule has 2 aromatic rings. The normalized spacial score (nSPS) is 12.0. The maximum absolute atomic E-state index is 12.7. The van der Waals surface area contributed by atoms with Gasteiger partial charge in [0.1, 0.15) is 12.2 Å². The van der Waals surface area contributed by atoms with E-state index >= 15 is 0 Å². The zero-order valence-corrected chi connectivity index (χ0v) is 15.2. The number of hydrogen-bond donors (Lipinski definition) is 0. The van der Waals surface area contributed by atoms with Crippen LogP contribution in [0.25, 0.3) is 5.57 Å². The Morgan fingerprint density at radius 2 is 2.00 bits per heavy atom. The zero-order chi connectivity index (χ0) is 19.3. The topological polar surface area (TPSA) is 57.7 Å². The summed E-state index contributed by atoms with van der Waals surface area (Å²) in [5.41, 5.74) is 1.09. The van der Waals surface area contributed by atoms with Gasteiger partial charge in [0.05, 0.1) is 20.5 Å². The van der Waals surface area contributed by atoms with E-state index < -0.39 is 17.2 Å². The summed E-state index contributed by atoms with van der Waals surface area (Å²) in [5.74, 6) is -0.959. The van der Waals surface area contributed by atoms with Crippen LogP contribution in [0.3, 0.4) is 0 Å². The van der Waals surface area contributed by atoms with Crippen molar-refractivity contribution in [2.75, 3.05) is 14.2 Å². The summed E-state index contributed by atoms with van der Waals surface area (Å²) in [6, 6.07) is 6.65. The van der Waals surface area contributed by atoms with Crippen molar-refractivity contribution in [1.82, 2.24) is 4.98 Å². The molecule has 0 bridgehead atoms. The summed E-state index contributed by atoms with van der Waals surface area (Å²) < 4.78 is 52.8. The predicted octanol–water partition coefficient (Wildman–Crippen LogP) is 4.55. The molecule has 5 nitrogen and oxygen atoms in total. The first-order valence-corrected chi connectivity index (χ1v) is 8.23. The Hall–Kier alpha value is -2.26. The number of hydrogen-bond acceptors (Lipinski definition) is 6. The number of carbonyl (C=O) groups is 1. The van der Waals surface area contributed by atoms with Gasteiger partial charge in [0, 0.05) is 0 Å². The van der Waals surface area contributed by atoms with Gasteiger partial charge < -0.3 is 14.2 Å². The van der Waals surface area contributed by atoms with E-state index in [4.69, 9.17) is 25.8 Å². The van der Waals surface area contributed by atoms with Crippen LogP contribution >= 0.6 is 22.9 Å². The van der Waals surface area contributed by atoms with Crippen LogP contribution in [-0.4, -0.2) is 25.2 Å². The molecule has 0 saturated heterocycles. The van der Waals surface area contributed by atoms with Gasteiger partial charge in [-0.2, -0.15) is 18.2 Å². The third kappa shape index (κ3) is 4.67. The quantitative estimate of drug-likeness (QED) is 0.399. The molecule has 0 atom stereocenters. The number of carbonyl (C=O) groups excluding carboxylic acids is 1. The van der Waals surface area contributed by atoms with Gasteiger partial charge in [0.2, 0.25) is 10.9 Å². The van der Waals surface area contributed by atoms with Crippen molar-refractivity contribution in [3.05, 3.63) is 51.0 Å². The Morgan fingerprint density at radius 1 is 1.31 bits per heavy atom. The predicted molar refractivity (Wildman–Crippen MR) is 89.9 cm³/mol. The highest BCUT2D eigenvalue weighted by atomic mass is 35.5. The number of esters is 1. The largest absolute Gasteiger partial charge is 0.503 e. The average molecular weight is 408 g/mol. The van der Waals surface area contributed by atoms with E-state index in [-0.39, 0.29) is 33.7 Å². The third-order valence-corrected chi connectivity index (χ3v) is 4.38. The zero-order valence-electron chi connectivity index (χ0n) is 13.6. The first-order chi connectivity index (χ1) is 12.3. The van der Waals surface area contributed by atoms with Gasteiger partial charge in [0.15, 0.2) is 4.34 Å². The number of rotatable bonds is 6. The molecule has 26 heavy (non-hydrogen) atoms. The second kappa shape index (κ2) is 8.41. The molecule has 1 aromatic carbocycles. The Morgan fingerprint density at radius 3 is 2.58 bits per heavy atom. The van der Waals surface area contributed by atoms with Crippen molar-refractivity contribution < 1.29 is 32.2 Å². The molecule has 0 unspecified atom stereocenters. The fourth-order valence-electron chi connectivity index (χ4n) is 2.00. The molecule has 140 valence electrons. The molecule has 10 heteroatoms. The van der Waals surface area contributed by atoms with Gasteiger partial charge in [0.25, 0.3) is 0 Å². The fourth-order valence-corrected chi connectivity index (χ4v) is 2.92. The summed E-state index contributed by atoms with van der Waals surface area (Å²) in [7, 11) is 2.59. The minimum Gasteiger partial charge on any atom is -0.503 e. The third-order valence-electron chi connectivity index (χ3n) is 3.11. The molecule has 1 aromatic heterocycles. The number of benzene rings is 1. The number of methoxy groups -OCH3 is 2. The van der Waals surface area contributed by atoms with Gasteiger partial charge in [-0.1, -0.05) is 47.2 Å². The van der Waals surface area contributed by atoms with Crippen molar-refractivity contribution in [1.29, 1.82) is 0 Å². The number of nitrogens with zero attached hydrogens (tertiary/aromatic N) is 1. The molecule has 1 heterocycles. The molecule has 2 rings (SSSR count). The van der Waals surface area contributed by atoms with Crippen molar-refractivity contribution in [3.8, 4) is 5.88 Å². The second-order valence-corrected chi connectivity index (χ2v) is 6.40. The SMILES string of the molecule is CO/C=C(/C(=O)OC)c1ccccc1COc1nc(C(F)(F)F)sc1Cl. The van der Waals surface area contributed by atoms with Crippen LogP contribution in [0.5, 0.6) is 5.88 Å². The number of alkyl halides is 3. The van der Waals surface area contributed by atoms with Gasteiger partial charge >= 0.3 is 12.1 Å². The van der Waals surface area contributed by atoms with Crippen LogP contribution in [0, 0.1) is 0 Å². The Labute approximate surface area is 156 Å². The van der Waals surface area contributed by atoms with E-state index in [9.17, 15) is 18.0 Å². The Bertz CT molecular complexity index is 820. The maximum atomic E-state index is 12.7. The lowest BCUT2D eigenvalue weighted by Gasteiger charge is -2.12. The standard InChI is InChI=1S/C16H13ClF3NO4S/c1-23-8-11(14(22)24-2)10-6-4-3-5-9(10)7-25-13-12(17)26-15(21-13)16(18,19)20/h3-6,8H,7H2,1-2H3/b11-8+. The van der Waals surface area contributed by atoms with Crippen molar-refractivity contribution in [2.45, 2.75) is 12.8 Å². The van der Waals surface area contributed by atoms with E-state index in [2.05, 4.69) is 4.98 Å². The molecule has 0 amide bonds. The maximum Gasteiger partial charge on any atom is 0.443 e. The van der Waals surface area contributed by atoms with Gasteiger partial charge in [-0.15, -0.1) is 0 Å². The van der Waals surface area contributed by atoms with Crippen LogP contribution in [0.4, 0.5) is 13.2 Å². The van der Waals surface area contributed by atoms with E-state index in [0.717, 1.165) is 0 Å². The van der Waals surface area contributed by atoms with Crippen molar-refractivity contribution in [2.24, 2.45) is 0 Å². The van der Waals surface area contributed by atoms with E-state index in [0.29, 0.717) is 11.1 Å². The first kappa shape index (κ1) is 20.1. The van der Waals surface area contributed by atoms with Crippen molar-refractivity contribution in [3.63, 3.8) is 0 Å². The number of thiazole rings is 1. The smallest absolute Gasteiger partial charge is 0.443 e. The summed E-state index contributed by atoms with van der Waals surface area (Å²) in [5, 5.41) is -1.10. The fraction of sp³-hybridized carbons (Fsp3) is 0.250. The number of halogens is 4. The monoisotopic (exact) mass is 407 g/mol. The highest BCUT2D eigenvalue weighted by Crippen LogP contribution is 2.39. The Balaban J connectivity index is 2.28. The van der Waals surface area contributed by atoms with E-state index in [1.165, 1.54) is 20.5 Å². The lowest BCUT2D eigenvalue weighted by atomic mass is 10.0. The van der Waals surface area contributed by atoms with Crippen LogP contribution in [0.2, 0.25) is 4.34 Å². The first-order valence-electron chi connectivity index (χ1n) is 7.03. The number of aromatic nitrogens is 1. The minimum atomic E-state index is -4.60. The Kier molecular flexibility index (Phi) is 6.49. The van der Waals surface area contributed by atoms with Gasteiger partial charge in [-0.05, 0) is 11.1 Å². The second-order valence-electron chi connectivity index (χ2n) is 4.80. The lowest BCUT2D eigenvalue weighted by molar-refractivity contribution is -0.138. The highest BCUT2D eigenvalue weighted by Gasteiger charge is 2.36. The number of ether oxygens (including phenoxy) is 3. The highest BCUT2D eigenvalue weighted by molar-refractivity contribution is 7.16. The molecule has 0 saturated carbocycles. The van der Waals surface area contributed by atoms with Gasteiger partial charge in [-0.25, -0.2) is 4.79 Å². The summed E-state index contributed by atoms with van der Waals surface area (Å²) >= 11 is 6.05. The summed E-state index contributed by atoms with van der Waals surface area (Å²) in [6.45, 7) is -0.158. The summed E-state index contributed by atoms with van der Waals surface area (Å²) in [4.78, 5) is 15.3. The minimum absolute atomic E-state index is 0.134. The van der Waals surface area contributed by atoms with Crippen LogP contribution in [0.15, 0.2) is 30.5 Å². The van der Waals surface area contributed by atoms with Crippen LogP contribution < -0.4 is 4.74 Å². The molecule has 0 N–H and O–H groups in total. The molecule has 0 aliphatic carbocycles. The molecule has 0 spiro atoms. The molecule has 0 aliphatic heterocycles. The van der Waals surface area contributed by atoms with Crippen LogP contribution in [0.1, 0.15) is 16.1 Å². The average Bonchev–Trinajstić information content (AvgIpc) is 2.99. The molecule has 0 aliphatic rings. The summed E-state index contributed by atoms with van der Waals surface area (Å²) in [6.07, 6.45) is -3.39. The van der Waals surface area contributed by atoms with Gasteiger partial charge in [-0.3, -0.25) is 0 Å². The van der Waals surface area contributed by atoms with E-state index in [1.54, 1.807) is 24.3 Å². The molecule has 0 radical (unpaired) electrons. The lowest BCUT2D eigenvalue weighted by Crippen LogP contribution is -2.08. The van der Waals surface area contributed by atoms with Crippen LogP contribution in [-0.2, 0) is 27.1 Å². The molecular formula is C16H13ClF3NO4S. The molecular weight excluding hydrogens is 395 g/mol.